The first kappa shape index (κ1) is 23.6. The fourth-order valence-electron chi connectivity index (χ4n) is 4.20. The molecule has 1 amide bonds. The Bertz CT molecular complexity index is 1520. The molecule has 11 heteroatoms. The zero-order chi connectivity index (χ0) is 25.6. The van der Waals surface area contributed by atoms with Crippen LogP contribution < -0.4 is 16.6 Å². The largest absolute Gasteiger partial charge is 0.416 e. The topological polar surface area (TPSA) is 107 Å². The predicted octanol–water partition coefficient (Wildman–Crippen LogP) is 4.24. The number of para-hydroxylation sites is 1. The standard InChI is InChI=1S/C25H23F3N6O2/c1-2-19-21(17-5-3-4-6-18(17)29)23(36)34-24(31-19)33(22(32-34)14-7-8-14)13-20(35)30-16-11-9-15(10-12-16)25(26,27)28/h3-6,9-12,14H,2,7-8,13,29H2,1H3,(H,30,35). The summed E-state index contributed by atoms with van der Waals surface area (Å²) in [4.78, 5) is 31.1. The molecule has 0 radical (unpaired) electrons. The van der Waals surface area contributed by atoms with Gasteiger partial charge in [0.2, 0.25) is 11.7 Å². The Balaban J connectivity index is 1.53. The van der Waals surface area contributed by atoms with E-state index in [4.69, 9.17) is 10.7 Å². The molecule has 0 saturated heterocycles. The van der Waals surface area contributed by atoms with Gasteiger partial charge in [-0.1, -0.05) is 25.1 Å². The number of halogens is 3. The number of anilines is 2. The number of nitrogen functional groups attached to an aromatic ring is 1. The van der Waals surface area contributed by atoms with Crippen molar-refractivity contribution in [3.63, 3.8) is 0 Å². The number of carbonyl (C=O) groups excluding carboxylic acids is 1. The van der Waals surface area contributed by atoms with Crippen LogP contribution in [0.3, 0.4) is 0 Å². The average molecular weight is 496 g/mol. The first-order valence-corrected chi connectivity index (χ1v) is 11.5. The van der Waals surface area contributed by atoms with Crippen LogP contribution in [0.5, 0.6) is 0 Å². The minimum atomic E-state index is -4.46. The molecule has 0 bridgehead atoms. The maximum absolute atomic E-state index is 13.6. The number of carbonyl (C=O) groups is 1. The number of fused-ring (bicyclic) bond motifs is 1. The number of alkyl halides is 3. The summed E-state index contributed by atoms with van der Waals surface area (Å²) in [6.45, 7) is 1.68. The van der Waals surface area contributed by atoms with Crippen LogP contribution in [0.15, 0.2) is 53.3 Å². The highest BCUT2D eigenvalue weighted by Gasteiger charge is 2.33. The van der Waals surface area contributed by atoms with Crippen molar-refractivity contribution in [2.75, 3.05) is 11.1 Å². The molecule has 1 fully saturated rings. The van der Waals surface area contributed by atoms with E-state index < -0.39 is 17.6 Å². The summed E-state index contributed by atoms with van der Waals surface area (Å²) in [5, 5.41) is 7.13. The minimum absolute atomic E-state index is 0.0975. The lowest BCUT2D eigenvalue weighted by molar-refractivity contribution is -0.137. The van der Waals surface area contributed by atoms with Gasteiger partial charge in [0.15, 0.2) is 0 Å². The predicted molar refractivity (Wildman–Crippen MR) is 129 cm³/mol. The third-order valence-corrected chi connectivity index (χ3v) is 6.14. The van der Waals surface area contributed by atoms with E-state index in [0.717, 1.165) is 25.0 Å². The molecular weight excluding hydrogens is 473 g/mol. The Morgan fingerprint density at radius 2 is 1.83 bits per heavy atom. The van der Waals surface area contributed by atoms with Gasteiger partial charge in [-0.2, -0.15) is 17.7 Å². The molecule has 1 saturated carbocycles. The maximum atomic E-state index is 13.6. The van der Waals surface area contributed by atoms with Gasteiger partial charge in [0, 0.05) is 22.9 Å². The fourth-order valence-corrected chi connectivity index (χ4v) is 4.20. The summed E-state index contributed by atoms with van der Waals surface area (Å²) in [5.74, 6) is 0.433. The van der Waals surface area contributed by atoms with Crippen LogP contribution in [-0.4, -0.2) is 25.1 Å². The molecule has 0 spiro atoms. The molecule has 3 N–H and O–H groups in total. The van der Waals surface area contributed by atoms with E-state index in [2.05, 4.69) is 10.4 Å². The maximum Gasteiger partial charge on any atom is 0.416 e. The van der Waals surface area contributed by atoms with Gasteiger partial charge >= 0.3 is 6.18 Å². The molecule has 2 aromatic heterocycles. The summed E-state index contributed by atoms with van der Waals surface area (Å²) in [6, 6.07) is 11.2. The molecule has 2 aromatic carbocycles. The van der Waals surface area contributed by atoms with Crippen LogP contribution in [-0.2, 0) is 23.9 Å². The quantitative estimate of drug-likeness (QED) is 0.389. The lowest BCUT2D eigenvalue weighted by Gasteiger charge is -2.12. The molecule has 1 aliphatic carbocycles. The van der Waals surface area contributed by atoms with Crippen molar-refractivity contribution in [2.24, 2.45) is 0 Å². The number of aryl methyl sites for hydroxylation is 1. The number of hydrogen-bond acceptors (Lipinski definition) is 5. The van der Waals surface area contributed by atoms with Gasteiger partial charge in [0.1, 0.15) is 12.4 Å². The second-order valence-corrected chi connectivity index (χ2v) is 8.73. The van der Waals surface area contributed by atoms with Crippen LogP contribution >= 0.6 is 0 Å². The van der Waals surface area contributed by atoms with Crippen LogP contribution in [0, 0.1) is 0 Å². The Morgan fingerprint density at radius 1 is 1.14 bits per heavy atom. The first-order chi connectivity index (χ1) is 17.2. The molecule has 186 valence electrons. The number of amides is 1. The number of benzene rings is 2. The fraction of sp³-hybridized carbons (Fsp3) is 0.280. The SMILES string of the molecule is CCc1nc2n(CC(=O)Nc3ccc(C(F)(F)F)cc3)c(C3CC3)nn2c(=O)c1-c1ccccc1N. The molecule has 0 unspecified atom stereocenters. The second kappa shape index (κ2) is 8.81. The Hall–Kier alpha value is -4.15. The van der Waals surface area contributed by atoms with Crippen molar-refractivity contribution in [2.45, 2.75) is 44.8 Å². The zero-order valence-corrected chi connectivity index (χ0v) is 19.3. The molecule has 8 nitrogen and oxygen atoms in total. The highest BCUT2D eigenvalue weighted by atomic mass is 19.4. The summed E-state index contributed by atoms with van der Waals surface area (Å²) >= 11 is 0. The second-order valence-electron chi connectivity index (χ2n) is 8.73. The van der Waals surface area contributed by atoms with Crippen molar-refractivity contribution >= 4 is 23.1 Å². The van der Waals surface area contributed by atoms with Gasteiger partial charge in [-0.25, -0.2) is 4.98 Å². The van der Waals surface area contributed by atoms with Gasteiger partial charge in [-0.3, -0.25) is 14.2 Å². The minimum Gasteiger partial charge on any atom is -0.398 e. The molecular formula is C25H23F3N6O2. The van der Waals surface area contributed by atoms with E-state index in [1.807, 2.05) is 6.92 Å². The summed E-state index contributed by atoms with van der Waals surface area (Å²) in [6.07, 6.45) is -2.26. The van der Waals surface area contributed by atoms with Gasteiger partial charge in [0.25, 0.3) is 5.56 Å². The lowest BCUT2D eigenvalue weighted by Crippen LogP contribution is -2.23. The number of aromatic nitrogens is 4. The lowest BCUT2D eigenvalue weighted by atomic mass is 10.0. The smallest absolute Gasteiger partial charge is 0.398 e. The molecule has 0 atom stereocenters. The van der Waals surface area contributed by atoms with Gasteiger partial charge in [0.05, 0.1) is 16.8 Å². The van der Waals surface area contributed by atoms with Gasteiger partial charge in [-0.15, -0.1) is 5.10 Å². The molecule has 0 aliphatic heterocycles. The van der Waals surface area contributed by atoms with Gasteiger partial charge in [-0.05, 0) is 49.6 Å². The van der Waals surface area contributed by atoms with Crippen LogP contribution in [0.4, 0.5) is 24.5 Å². The summed E-state index contributed by atoms with van der Waals surface area (Å²) < 4.78 is 41.3. The Morgan fingerprint density at radius 3 is 2.44 bits per heavy atom. The van der Waals surface area contributed by atoms with E-state index in [9.17, 15) is 22.8 Å². The summed E-state index contributed by atoms with van der Waals surface area (Å²) in [5.41, 5.74) is 7.11. The number of rotatable bonds is 6. The highest BCUT2D eigenvalue weighted by molar-refractivity contribution is 5.91. The molecule has 4 aromatic rings. The number of hydrogen-bond donors (Lipinski definition) is 2. The Kier molecular flexibility index (Phi) is 5.77. The highest BCUT2D eigenvalue weighted by Crippen LogP contribution is 2.39. The molecule has 36 heavy (non-hydrogen) atoms. The van der Waals surface area contributed by atoms with E-state index in [1.165, 1.54) is 16.6 Å². The third-order valence-electron chi connectivity index (χ3n) is 6.14. The normalized spacial score (nSPS) is 13.8. The average Bonchev–Trinajstić information content (AvgIpc) is 3.62. The number of nitrogens with zero attached hydrogens (tertiary/aromatic N) is 4. The molecule has 1 aliphatic rings. The molecule has 2 heterocycles. The van der Waals surface area contributed by atoms with Crippen LogP contribution in [0.25, 0.3) is 16.9 Å². The Labute approximate surface area is 203 Å². The van der Waals surface area contributed by atoms with Crippen LogP contribution in [0.1, 0.15) is 42.8 Å². The van der Waals surface area contributed by atoms with Crippen molar-refractivity contribution in [3.05, 3.63) is 76.0 Å². The third kappa shape index (κ3) is 4.32. The first-order valence-electron chi connectivity index (χ1n) is 11.5. The van der Waals surface area contributed by atoms with E-state index >= 15 is 0 Å². The molecule has 5 rings (SSSR count). The van der Waals surface area contributed by atoms with E-state index in [0.29, 0.717) is 34.8 Å². The van der Waals surface area contributed by atoms with E-state index in [-0.39, 0.29) is 29.5 Å². The van der Waals surface area contributed by atoms with Crippen LogP contribution in [0.2, 0.25) is 0 Å². The van der Waals surface area contributed by atoms with Crippen molar-refractivity contribution in [3.8, 4) is 11.1 Å². The van der Waals surface area contributed by atoms with Crippen molar-refractivity contribution < 1.29 is 18.0 Å². The number of nitrogens with one attached hydrogen (secondary N) is 1. The van der Waals surface area contributed by atoms with Crippen molar-refractivity contribution in [1.29, 1.82) is 0 Å². The zero-order valence-electron chi connectivity index (χ0n) is 19.3. The number of nitrogens with two attached hydrogens (primary N) is 1. The van der Waals surface area contributed by atoms with Crippen molar-refractivity contribution in [1.82, 2.24) is 19.2 Å². The van der Waals surface area contributed by atoms with Gasteiger partial charge < -0.3 is 11.1 Å². The monoisotopic (exact) mass is 496 g/mol. The summed E-state index contributed by atoms with van der Waals surface area (Å²) in [7, 11) is 0. The van der Waals surface area contributed by atoms with E-state index in [1.54, 1.807) is 28.8 Å².